The quantitative estimate of drug-likeness (QED) is 0.288. The molecule has 0 saturated carbocycles. The highest BCUT2D eigenvalue weighted by atomic mass is 17.2. The van der Waals surface area contributed by atoms with Crippen molar-refractivity contribution in [2.45, 2.75) is 86.5 Å². The summed E-state index contributed by atoms with van der Waals surface area (Å²) in [5.41, 5.74) is -0.214. The van der Waals surface area contributed by atoms with Gasteiger partial charge in [-0.2, -0.15) is 0 Å². The van der Waals surface area contributed by atoms with Gasteiger partial charge in [-0.3, -0.25) is 33.7 Å². The minimum atomic E-state index is -1.19. The fourth-order valence-electron chi connectivity index (χ4n) is 6.56. The summed E-state index contributed by atoms with van der Waals surface area (Å²) in [5.74, 6) is -4.45. The van der Waals surface area contributed by atoms with Crippen molar-refractivity contribution in [1.29, 1.82) is 0 Å². The molecule has 0 fully saturated rings. The van der Waals surface area contributed by atoms with E-state index in [2.05, 4.69) is 0 Å². The van der Waals surface area contributed by atoms with Crippen LogP contribution in [0.3, 0.4) is 0 Å². The van der Waals surface area contributed by atoms with Gasteiger partial charge in [0.05, 0.1) is 30.2 Å². The van der Waals surface area contributed by atoms with E-state index in [9.17, 15) is 29.1 Å². The second-order valence-electron chi connectivity index (χ2n) is 13.0. The van der Waals surface area contributed by atoms with Crippen molar-refractivity contribution in [3.63, 3.8) is 0 Å². The molecule has 1 aromatic carbocycles. The number of carbonyl (C=O) groups excluding carboxylic acids is 5. The molecule has 0 saturated heterocycles. The number of hydrogen-bond acceptors (Lipinski definition) is 9. The van der Waals surface area contributed by atoms with E-state index in [1.165, 1.54) is 0 Å². The lowest BCUT2D eigenvalue weighted by Crippen LogP contribution is -2.38. The Morgan fingerprint density at radius 1 is 0.805 bits per heavy atom. The number of benzene rings is 1. The summed E-state index contributed by atoms with van der Waals surface area (Å²) < 4.78 is 6.23. The maximum atomic E-state index is 13.9. The second-order valence-corrected chi connectivity index (χ2v) is 13.0. The van der Waals surface area contributed by atoms with Gasteiger partial charge in [0.1, 0.15) is 28.6 Å². The smallest absolute Gasteiger partial charge is 0.200 e. The van der Waals surface area contributed by atoms with E-state index >= 15 is 0 Å². The summed E-state index contributed by atoms with van der Waals surface area (Å²) in [4.78, 5) is 77.7. The third-order valence-corrected chi connectivity index (χ3v) is 8.68. The van der Waals surface area contributed by atoms with Gasteiger partial charge in [0.15, 0.2) is 28.9 Å². The van der Waals surface area contributed by atoms with Gasteiger partial charge < -0.3 is 9.84 Å². The fourth-order valence-corrected chi connectivity index (χ4v) is 6.56. The number of ketones is 5. The summed E-state index contributed by atoms with van der Waals surface area (Å²) in [6, 6.07) is 0. The number of ether oxygens (including phenoxy) is 1. The first-order valence-electron chi connectivity index (χ1n) is 14.2. The number of allylic oxidation sites excluding steroid dienone is 4. The number of rotatable bonds is 4. The Morgan fingerprint density at radius 3 is 1.95 bits per heavy atom. The van der Waals surface area contributed by atoms with Gasteiger partial charge in [0, 0.05) is 34.5 Å². The Bertz CT molecular complexity index is 1500. The van der Waals surface area contributed by atoms with Gasteiger partial charge in [-0.25, -0.2) is 0 Å². The number of aromatic hydroxyl groups is 1. The second kappa shape index (κ2) is 9.67. The van der Waals surface area contributed by atoms with E-state index in [0.717, 1.165) is 0 Å². The van der Waals surface area contributed by atoms with Crippen molar-refractivity contribution in [3.8, 4) is 17.2 Å². The van der Waals surface area contributed by atoms with Crippen LogP contribution in [-0.4, -0.2) is 34.0 Å². The van der Waals surface area contributed by atoms with Crippen LogP contribution >= 0.6 is 0 Å². The topological polar surface area (TPSA) is 133 Å². The SMILES string of the molecule is CC(C)C(=O)c1c2c(c(O)c3c1OOC1=C(C(=O)CC(=O)C1(C)C)C3C(C)C)C(C(C)C)C1=C(CC(=O)CC1=O)O2. The van der Waals surface area contributed by atoms with Crippen LogP contribution in [0, 0.1) is 23.2 Å². The molecule has 5 rings (SSSR count). The van der Waals surface area contributed by atoms with E-state index in [-0.39, 0.29) is 105 Å². The van der Waals surface area contributed by atoms with Crippen LogP contribution in [0.1, 0.15) is 108 Å². The zero-order chi connectivity index (χ0) is 30.3. The molecule has 9 heteroatoms. The third kappa shape index (κ3) is 4.15. The van der Waals surface area contributed by atoms with E-state index in [1.54, 1.807) is 27.7 Å². The zero-order valence-electron chi connectivity index (χ0n) is 24.7. The van der Waals surface area contributed by atoms with Gasteiger partial charge in [-0.05, 0) is 25.7 Å². The maximum Gasteiger partial charge on any atom is 0.200 e. The first-order chi connectivity index (χ1) is 19.1. The summed E-state index contributed by atoms with van der Waals surface area (Å²) in [6.07, 6.45) is -0.694. The summed E-state index contributed by atoms with van der Waals surface area (Å²) >= 11 is 0. The zero-order valence-corrected chi connectivity index (χ0v) is 24.7. The Labute approximate surface area is 238 Å². The van der Waals surface area contributed by atoms with Crippen LogP contribution in [-0.2, 0) is 24.1 Å². The molecule has 2 aliphatic carbocycles. The van der Waals surface area contributed by atoms with E-state index in [1.807, 2.05) is 27.7 Å². The average molecular weight is 565 g/mol. The van der Waals surface area contributed by atoms with Crippen molar-refractivity contribution in [2.75, 3.05) is 0 Å². The number of fused-ring (bicyclic) bond motifs is 2. The molecule has 4 aliphatic rings. The minimum absolute atomic E-state index is 0.00699. The maximum absolute atomic E-state index is 13.9. The number of phenols is 1. The van der Waals surface area contributed by atoms with E-state index in [0.29, 0.717) is 5.57 Å². The predicted molar refractivity (Wildman–Crippen MR) is 146 cm³/mol. The average Bonchev–Trinajstić information content (AvgIpc) is 3.05. The molecule has 41 heavy (non-hydrogen) atoms. The van der Waals surface area contributed by atoms with Gasteiger partial charge >= 0.3 is 0 Å². The van der Waals surface area contributed by atoms with Crippen LogP contribution in [0.5, 0.6) is 17.2 Å². The highest BCUT2D eigenvalue weighted by molar-refractivity contribution is 6.15. The van der Waals surface area contributed by atoms with Crippen LogP contribution in [0.15, 0.2) is 22.7 Å². The van der Waals surface area contributed by atoms with Crippen molar-refractivity contribution < 1.29 is 43.6 Å². The Hall–Kier alpha value is -3.75. The van der Waals surface area contributed by atoms with Crippen molar-refractivity contribution in [3.05, 3.63) is 39.4 Å². The van der Waals surface area contributed by atoms with Crippen LogP contribution in [0.25, 0.3) is 0 Å². The molecule has 218 valence electrons. The van der Waals surface area contributed by atoms with Crippen molar-refractivity contribution in [1.82, 2.24) is 0 Å². The van der Waals surface area contributed by atoms with Crippen LogP contribution in [0.4, 0.5) is 0 Å². The molecule has 0 aromatic heterocycles. The largest absolute Gasteiger partial charge is 0.507 e. The molecule has 2 unspecified atom stereocenters. The summed E-state index contributed by atoms with van der Waals surface area (Å²) in [5, 5.41) is 12.1. The molecule has 1 aromatic rings. The number of Topliss-reactive ketones (excluding diaryl/α,β-unsaturated/α-hetero) is 5. The van der Waals surface area contributed by atoms with Crippen molar-refractivity contribution in [2.24, 2.45) is 23.2 Å². The fraction of sp³-hybridized carbons (Fsp3) is 0.531. The lowest BCUT2D eigenvalue weighted by atomic mass is 9.67. The monoisotopic (exact) mass is 564 g/mol. The predicted octanol–water partition coefficient (Wildman–Crippen LogP) is 5.43. The third-order valence-electron chi connectivity index (χ3n) is 8.68. The van der Waals surface area contributed by atoms with E-state index in [4.69, 9.17) is 14.5 Å². The number of phenolic OH excluding ortho intramolecular Hbond substituents is 1. The van der Waals surface area contributed by atoms with Gasteiger partial charge in [0.2, 0.25) is 5.75 Å². The molecule has 2 heterocycles. The van der Waals surface area contributed by atoms with Gasteiger partial charge in [-0.1, -0.05) is 41.5 Å². The molecule has 9 nitrogen and oxygen atoms in total. The lowest BCUT2D eigenvalue weighted by Gasteiger charge is -2.37. The first kappa shape index (κ1) is 28.8. The summed E-state index contributed by atoms with van der Waals surface area (Å²) in [6.45, 7) is 14.2. The lowest BCUT2D eigenvalue weighted by molar-refractivity contribution is -0.186. The highest BCUT2D eigenvalue weighted by Gasteiger charge is 2.52. The number of hydrogen-bond donors (Lipinski definition) is 1. The van der Waals surface area contributed by atoms with Gasteiger partial charge in [-0.15, -0.1) is 0 Å². The Balaban J connectivity index is 1.91. The molecular formula is C32H36O9. The molecule has 1 N–H and O–H groups in total. The molecule has 0 bridgehead atoms. The van der Waals surface area contributed by atoms with Crippen molar-refractivity contribution >= 4 is 28.9 Å². The summed E-state index contributed by atoms with van der Waals surface area (Å²) in [7, 11) is 0. The van der Waals surface area contributed by atoms with Gasteiger partial charge in [0.25, 0.3) is 0 Å². The van der Waals surface area contributed by atoms with Crippen LogP contribution in [0.2, 0.25) is 0 Å². The Kier molecular flexibility index (Phi) is 6.78. The van der Waals surface area contributed by atoms with E-state index < -0.39 is 29.0 Å². The molecule has 0 spiro atoms. The Morgan fingerprint density at radius 2 is 1.37 bits per heavy atom. The minimum Gasteiger partial charge on any atom is -0.507 e. The normalized spacial score (nSPS) is 23.5. The standard InChI is InChI=1S/C32H36O9/c1-12(2)20-22-16(34)9-15(33)10-18(22)39-29-24(20)28(38)25-21(13(3)4)23-17(35)11-19(36)32(7,8)31(23)41-40-30(25)26(29)27(37)14(5)6/h12-14,20-21,38H,9-11H2,1-8H3. The molecule has 2 aliphatic heterocycles. The molecule has 0 radical (unpaired) electrons. The molecule has 0 amide bonds. The number of carbonyl (C=O) groups is 5. The van der Waals surface area contributed by atoms with Crippen LogP contribution < -0.4 is 9.62 Å². The molecular weight excluding hydrogens is 528 g/mol. The molecule has 2 atom stereocenters. The first-order valence-corrected chi connectivity index (χ1v) is 14.2. The highest BCUT2D eigenvalue weighted by Crippen LogP contribution is 2.60.